The molecule has 0 radical (unpaired) electrons. The van der Waals surface area contributed by atoms with Crippen LogP contribution >= 0.6 is 0 Å². The highest BCUT2D eigenvalue weighted by Gasteiger charge is 2.23. The molecule has 1 aliphatic carbocycles. The van der Waals surface area contributed by atoms with Gasteiger partial charge in [0.15, 0.2) is 0 Å². The van der Waals surface area contributed by atoms with E-state index in [9.17, 15) is 0 Å². The third-order valence-electron chi connectivity index (χ3n) is 8.86. The highest BCUT2D eigenvalue weighted by molar-refractivity contribution is 6.21. The molecule has 0 aliphatic heterocycles. The number of hydrogen-bond donors (Lipinski definition) is 0. The van der Waals surface area contributed by atoms with Crippen LogP contribution in [0.3, 0.4) is 0 Å². The highest BCUT2D eigenvalue weighted by Crippen LogP contribution is 2.44. The van der Waals surface area contributed by atoms with Gasteiger partial charge in [0.2, 0.25) is 0 Å². The minimum atomic E-state index is 0.889. The Morgan fingerprint density at radius 3 is 2.24 bits per heavy atom. The molecule has 0 atom stereocenters. The van der Waals surface area contributed by atoms with Crippen LogP contribution in [0.1, 0.15) is 11.1 Å². The van der Waals surface area contributed by atoms with Crippen molar-refractivity contribution in [1.29, 1.82) is 0 Å². The van der Waals surface area contributed by atoms with Crippen molar-refractivity contribution in [3.05, 3.63) is 127 Å². The number of hydrogen-bond acceptors (Lipinski definition) is 3. The van der Waals surface area contributed by atoms with E-state index in [1.54, 1.807) is 0 Å². The van der Waals surface area contributed by atoms with Gasteiger partial charge in [-0.05, 0) is 82.6 Å². The first-order valence-electron chi connectivity index (χ1n) is 13.9. The summed E-state index contributed by atoms with van der Waals surface area (Å²) in [6.45, 7) is 0. The average Bonchev–Trinajstić information content (AvgIpc) is 3.69. The van der Waals surface area contributed by atoms with Gasteiger partial charge in [-0.15, -0.1) is 0 Å². The van der Waals surface area contributed by atoms with Crippen molar-refractivity contribution in [2.75, 3.05) is 0 Å². The van der Waals surface area contributed by atoms with E-state index in [0.29, 0.717) is 0 Å². The molecule has 0 fully saturated rings. The summed E-state index contributed by atoms with van der Waals surface area (Å²) < 4.78 is 4.68. The summed E-state index contributed by atoms with van der Waals surface area (Å²) in [5.41, 5.74) is 13.0. The summed E-state index contributed by atoms with van der Waals surface area (Å²) in [4.78, 5) is 14.0. The number of fused-ring (bicyclic) bond motifs is 14. The number of nitrogens with zero attached hydrogens (tertiary/aromatic N) is 5. The molecule has 5 nitrogen and oxygen atoms in total. The fraction of sp³-hybridized carbons (Fsp3) is 0.0278. The largest absolute Gasteiger partial charge is 0.309 e. The molecule has 5 heteroatoms. The second kappa shape index (κ2) is 7.55. The van der Waals surface area contributed by atoms with Gasteiger partial charge in [-0.1, -0.05) is 42.5 Å². The summed E-state index contributed by atoms with van der Waals surface area (Å²) >= 11 is 0. The first-order valence-corrected chi connectivity index (χ1v) is 13.9. The third-order valence-corrected chi connectivity index (χ3v) is 8.86. The van der Waals surface area contributed by atoms with E-state index >= 15 is 0 Å². The smallest absolute Gasteiger partial charge is 0.146 e. The second-order valence-electron chi connectivity index (χ2n) is 11.0. The predicted molar refractivity (Wildman–Crippen MR) is 166 cm³/mol. The molecule has 190 valence electrons. The van der Waals surface area contributed by atoms with Gasteiger partial charge in [-0.25, -0.2) is 4.98 Å². The van der Waals surface area contributed by atoms with E-state index in [2.05, 4.69) is 104 Å². The molecule has 5 aromatic heterocycles. The fourth-order valence-corrected chi connectivity index (χ4v) is 7.10. The van der Waals surface area contributed by atoms with Crippen LogP contribution in [-0.4, -0.2) is 23.9 Å². The monoisotopic (exact) mass is 523 g/mol. The van der Waals surface area contributed by atoms with Crippen molar-refractivity contribution in [2.24, 2.45) is 0 Å². The molecule has 5 heterocycles. The van der Waals surface area contributed by atoms with Crippen LogP contribution in [0.2, 0.25) is 0 Å². The van der Waals surface area contributed by atoms with E-state index in [4.69, 9.17) is 4.98 Å². The highest BCUT2D eigenvalue weighted by atomic mass is 15.0. The molecule has 0 unspecified atom stereocenters. The van der Waals surface area contributed by atoms with Crippen molar-refractivity contribution >= 4 is 60.2 Å². The van der Waals surface area contributed by atoms with Crippen LogP contribution in [0, 0.1) is 0 Å². The molecule has 1 aliphatic rings. The van der Waals surface area contributed by atoms with Crippen molar-refractivity contribution < 1.29 is 0 Å². The topological polar surface area (TPSA) is 48.0 Å². The lowest BCUT2D eigenvalue weighted by atomic mass is 10.0. The second-order valence-corrected chi connectivity index (χ2v) is 11.0. The Labute approximate surface area is 234 Å². The predicted octanol–water partition coefficient (Wildman–Crippen LogP) is 8.25. The number of imidazole rings is 1. The Morgan fingerprint density at radius 2 is 1.32 bits per heavy atom. The Balaban J connectivity index is 1.43. The van der Waals surface area contributed by atoms with E-state index in [1.165, 1.54) is 44.1 Å². The first kappa shape index (κ1) is 21.3. The quantitative estimate of drug-likeness (QED) is 0.204. The summed E-state index contributed by atoms with van der Waals surface area (Å²) in [7, 11) is 0. The van der Waals surface area contributed by atoms with Gasteiger partial charge in [-0.3, -0.25) is 14.4 Å². The minimum Gasteiger partial charge on any atom is -0.309 e. The molecular weight excluding hydrogens is 502 g/mol. The molecule has 0 spiro atoms. The number of benzene rings is 4. The lowest BCUT2D eigenvalue weighted by Crippen LogP contribution is -1.95. The molecule has 0 bridgehead atoms. The molecular formula is C36H21N5. The van der Waals surface area contributed by atoms with Crippen LogP contribution in [-0.2, 0) is 6.42 Å². The van der Waals surface area contributed by atoms with Crippen LogP contribution in [0.4, 0.5) is 0 Å². The zero-order chi connectivity index (χ0) is 26.7. The molecule has 4 aromatic carbocycles. The molecule has 41 heavy (non-hydrogen) atoms. The average molecular weight is 524 g/mol. The van der Waals surface area contributed by atoms with Gasteiger partial charge < -0.3 is 4.57 Å². The van der Waals surface area contributed by atoms with Crippen LogP contribution in [0.15, 0.2) is 116 Å². The molecule has 10 rings (SSSR count). The normalized spacial score (nSPS) is 12.8. The summed E-state index contributed by atoms with van der Waals surface area (Å²) in [5.74, 6) is 0. The van der Waals surface area contributed by atoms with E-state index in [0.717, 1.165) is 50.5 Å². The Morgan fingerprint density at radius 1 is 0.537 bits per heavy atom. The maximum atomic E-state index is 5.10. The molecule has 0 amide bonds. The number of aromatic nitrogens is 5. The zero-order valence-electron chi connectivity index (χ0n) is 21.9. The Bertz CT molecular complexity index is 2550. The van der Waals surface area contributed by atoms with Gasteiger partial charge >= 0.3 is 0 Å². The van der Waals surface area contributed by atoms with Crippen molar-refractivity contribution in [2.45, 2.75) is 6.42 Å². The minimum absolute atomic E-state index is 0.889. The van der Waals surface area contributed by atoms with Crippen LogP contribution in [0.5, 0.6) is 0 Å². The fourth-order valence-electron chi connectivity index (χ4n) is 7.10. The van der Waals surface area contributed by atoms with E-state index in [-0.39, 0.29) is 0 Å². The van der Waals surface area contributed by atoms with E-state index in [1.807, 2.05) is 30.9 Å². The lowest BCUT2D eigenvalue weighted by Gasteiger charge is -2.11. The standard InChI is InChI=1S/C36H21N5/c1-2-7-23(8-3-1)40-34-17-25-22(14-21-6-4-5-9-24(21)25)15-27(34)28-16-29-26(18-35(28)40)30-19-37-12-10-32(30)41-33-11-13-38-20-31(33)39-36(29)41/h1-13,15-20H,14H2. The number of pyridine rings is 3. The summed E-state index contributed by atoms with van der Waals surface area (Å²) in [6.07, 6.45) is 8.49. The maximum absolute atomic E-state index is 5.10. The molecule has 9 aromatic rings. The van der Waals surface area contributed by atoms with Gasteiger partial charge in [0.1, 0.15) is 11.2 Å². The lowest BCUT2D eigenvalue weighted by molar-refractivity contribution is 1.18. The maximum Gasteiger partial charge on any atom is 0.146 e. The first-order chi connectivity index (χ1) is 20.3. The third kappa shape index (κ3) is 2.72. The van der Waals surface area contributed by atoms with Gasteiger partial charge in [0.25, 0.3) is 0 Å². The van der Waals surface area contributed by atoms with Gasteiger partial charge in [-0.2, -0.15) is 0 Å². The molecule has 0 saturated heterocycles. The van der Waals surface area contributed by atoms with Crippen LogP contribution < -0.4 is 0 Å². The summed E-state index contributed by atoms with van der Waals surface area (Å²) in [6, 6.07) is 33.1. The van der Waals surface area contributed by atoms with E-state index < -0.39 is 0 Å². The summed E-state index contributed by atoms with van der Waals surface area (Å²) in [5, 5.41) is 5.86. The zero-order valence-corrected chi connectivity index (χ0v) is 21.9. The molecule has 0 saturated carbocycles. The number of rotatable bonds is 1. The van der Waals surface area contributed by atoms with Crippen molar-refractivity contribution in [1.82, 2.24) is 23.9 Å². The SMILES string of the molecule is c1ccc(-n2c3cc4c(cc3c3cc5c(cc32)c2cnccc2n2c3ccncc3nc52)Cc2ccccc2-4)cc1. The Kier molecular flexibility index (Phi) is 3.92. The van der Waals surface area contributed by atoms with Gasteiger partial charge in [0, 0.05) is 45.8 Å². The Hall–Kier alpha value is -5.55. The number of para-hydroxylation sites is 1. The van der Waals surface area contributed by atoms with Gasteiger partial charge in [0.05, 0.1) is 28.3 Å². The van der Waals surface area contributed by atoms with Crippen molar-refractivity contribution in [3.8, 4) is 16.8 Å². The molecule has 0 N–H and O–H groups in total. The van der Waals surface area contributed by atoms with Crippen molar-refractivity contribution in [3.63, 3.8) is 0 Å². The van der Waals surface area contributed by atoms with Crippen LogP contribution in [0.25, 0.3) is 77.0 Å².